The van der Waals surface area contributed by atoms with E-state index in [0.717, 1.165) is 10.8 Å². The molecule has 4 nitrogen and oxygen atoms in total. The van der Waals surface area contributed by atoms with Gasteiger partial charge in [0.2, 0.25) is 11.1 Å². The van der Waals surface area contributed by atoms with Gasteiger partial charge < -0.3 is 5.32 Å². The van der Waals surface area contributed by atoms with Crippen LogP contribution in [0.4, 0.5) is 11.6 Å². The number of anilines is 2. The standard InChI is InChI=1S/C10H12N4S/c1-7-3-5-8(6-4-7)11-9-12-10(15-2)14-13-9/h3-6H,1-2H3,(H2,11,12,13,14). The number of rotatable bonds is 3. The highest BCUT2D eigenvalue weighted by atomic mass is 32.2. The zero-order valence-electron chi connectivity index (χ0n) is 8.61. The molecule has 78 valence electrons. The fraction of sp³-hybridized carbons (Fsp3) is 0.200. The summed E-state index contributed by atoms with van der Waals surface area (Å²) in [4.78, 5) is 4.23. The monoisotopic (exact) mass is 220 g/mol. The Morgan fingerprint density at radius 1 is 1.27 bits per heavy atom. The first-order chi connectivity index (χ1) is 7.28. The lowest BCUT2D eigenvalue weighted by Crippen LogP contribution is -1.92. The smallest absolute Gasteiger partial charge is 0.223 e. The van der Waals surface area contributed by atoms with Gasteiger partial charge in [-0.15, -0.1) is 5.10 Å². The molecule has 1 heterocycles. The largest absolute Gasteiger partial charge is 0.325 e. The van der Waals surface area contributed by atoms with Gasteiger partial charge in [0.05, 0.1) is 0 Å². The molecule has 0 amide bonds. The number of aromatic amines is 1. The van der Waals surface area contributed by atoms with E-state index >= 15 is 0 Å². The first-order valence-corrected chi connectivity index (χ1v) is 5.80. The SMILES string of the molecule is CSc1n[nH]c(Nc2ccc(C)cc2)n1. The zero-order valence-corrected chi connectivity index (χ0v) is 9.43. The molecule has 0 spiro atoms. The predicted octanol–water partition coefficient (Wildman–Crippen LogP) is 2.58. The summed E-state index contributed by atoms with van der Waals surface area (Å²) in [6.07, 6.45) is 1.94. The van der Waals surface area contributed by atoms with Crippen LogP contribution in [0.2, 0.25) is 0 Å². The molecule has 0 atom stereocenters. The van der Waals surface area contributed by atoms with Gasteiger partial charge in [-0.05, 0) is 25.3 Å². The summed E-state index contributed by atoms with van der Waals surface area (Å²) in [5, 5.41) is 10.7. The highest BCUT2D eigenvalue weighted by molar-refractivity contribution is 7.98. The van der Waals surface area contributed by atoms with E-state index in [9.17, 15) is 0 Å². The van der Waals surface area contributed by atoms with E-state index in [1.807, 2.05) is 30.5 Å². The lowest BCUT2D eigenvalue weighted by Gasteiger charge is -2.01. The van der Waals surface area contributed by atoms with Crippen molar-refractivity contribution in [3.05, 3.63) is 29.8 Å². The Morgan fingerprint density at radius 2 is 2.00 bits per heavy atom. The molecular weight excluding hydrogens is 208 g/mol. The molecule has 0 fully saturated rings. The van der Waals surface area contributed by atoms with Crippen LogP contribution in [0.3, 0.4) is 0 Å². The molecule has 0 aliphatic rings. The van der Waals surface area contributed by atoms with E-state index in [1.165, 1.54) is 17.3 Å². The van der Waals surface area contributed by atoms with E-state index in [-0.39, 0.29) is 0 Å². The fourth-order valence-corrected chi connectivity index (χ4v) is 1.49. The maximum absolute atomic E-state index is 4.23. The molecule has 0 aliphatic heterocycles. The second kappa shape index (κ2) is 4.35. The average molecular weight is 220 g/mol. The third kappa shape index (κ3) is 2.50. The number of benzene rings is 1. The number of nitrogens with zero attached hydrogens (tertiary/aromatic N) is 2. The minimum absolute atomic E-state index is 0.670. The molecule has 2 rings (SSSR count). The minimum atomic E-state index is 0.670. The van der Waals surface area contributed by atoms with Gasteiger partial charge in [-0.2, -0.15) is 4.98 Å². The third-order valence-corrected chi connectivity index (χ3v) is 2.51. The lowest BCUT2D eigenvalue weighted by atomic mass is 10.2. The van der Waals surface area contributed by atoms with Gasteiger partial charge in [0.1, 0.15) is 0 Å². The van der Waals surface area contributed by atoms with E-state index in [0.29, 0.717) is 5.95 Å². The molecule has 2 N–H and O–H groups in total. The molecule has 0 bridgehead atoms. The number of aryl methyl sites for hydroxylation is 1. The Bertz CT molecular complexity index is 435. The van der Waals surface area contributed by atoms with Crippen molar-refractivity contribution >= 4 is 23.4 Å². The third-order valence-electron chi connectivity index (χ3n) is 1.96. The second-order valence-corrected chi connectivity index (χ2v) is 3.94. The first kappa shape index (κ1) is 10.0. The first-order valence-electron chi connectivity index (χ1n) is 4.58. The number of thioether (sulfide) groups is 1. The number of nitrogens with one attached hydrogen (secondary N) is 2. The fourth-order valence-electron chi connectivity index (χ4n) is 1.17. The van der Waals surface area contributed by atoms with Crippen molar-refractivity contribution in [3.8, 4) is 0 Å². The van der Waals surface area contributed by atoms with Gasteiger partial charge >= 0.3 is 0 Å². The Labute approximate surface area is 92.5 Å². The van der Waals surface area contributed by atoms with E-state index in [2.05, 4.69) is 27.4 Å². The van der Waals surface area contributed by atoms with Crippen LogP contribution in [-0.4, -0.2) is 21.4 Å². The van der Waals surface area contributed by atoms with Gasteiger partial charge in [0.15, 0.2) is 0 Å². The highest BCUT2D eigenvalue weighted by Gasteiger charge is 2.00. The summed E-state index contributed by atoms with van der Waals surface area (Å²) in [5.74, 6) is 0.670. The Balaban J connectivity index is 2.11. The maximum atomic E-state index is 4.23. The van der Waals surface area contributed by atoms with Crippen molar-refractivity contribution in [1.29, 1.82) is 0 Å². The zero-order chi connectivity index (χ0) is 10.7. The van der Waals surface area contributed by atoms with Gasteiger partial charge in [-0.25, -0.2) is 5.10 Å². The quantitative estimate of drug-likeness (QED) is 0.781. The normalized spacial score (nSPS) is 10.3. The highest BCUT2D eigenvalue weighted by Crippen LogP contribution is 2.15. The van der Waals surface area contributed by atoms with E-state index < -0.39 is 0 Å². The van der Waals surface area contributed by atoms with Gasteiger partial charge in [0, 0.05) is 5.69 Å². The van der Waals surface area contributed by atoms with Crippen LogP contribution in [0.15, 0.2) is 29.4 Å². The molecule has 1 aromatic carbocycles. The summed E-state index contributed by atoms with van der Waals surface area (Å²) < 4.78 is 0. The Morgan fingerprint density at radius 3 is 2.60 bits per heavy atom. The second-order valence-electron chi connectivity index (χ2n) is 3.16. The topological polar surface area (TPSA) is 53.6 Å². The molecule has 0 aliphatic carbocycles. The molecule has 0 radical (unpaired) electrons. The van der Waals surface area contributed by atoms with Crippen molar-refractivity contribution in [2.24, 2.45) is 0 Å². The molecule has 0 saturated carbocycles. The van der Waals surface area contributed by atoms with Crippen LogP contribution in [-0.2, 0) is 0 Å². The molecule has 5 heteroatoms. The van der Waals surface area contributed by atoms with Gasteiger partial charge in [-0.1, -0.05) is 29.5 Å². The number of aromatic nitrogens is 3. The van der Waals surface area contributed by atoms with Gasteiger partial charge in [0.25, 0.3) is 0 Å². The lowest BCUT2D eigenvalue weighted by molar-refractivity contribution is 0.976. The molecule has 0 unspecified atom stereocenters. The molecular formula is C10H12N4S. The average Bonchev–Trinajstić information content (AvgIpc) is 2.69. The molecule has 1 aromatic heterocycles. The number of hydrogen-bond acceptors (Lipinski definition) is 4. The van der Waals surface area contributed by atoms with Crippen molar-refractivity contribution in [1.82, 2.24) is 15.2 Å². The van der Waals surface area contributed by atoms with Gasteiger partial charge in [-0.3, -0.25) is 0 Å². The van der Waals surface area contributed by atoms with E-state index in [1.54, 1.807) is 0 Å². The minimum Gasteiger partial charge on any atom is -0.325 e. The van der Waals surface area contributed by atoms with Crippen molar-refractivity contribution in [2.45, 2.75) is 12.1 Å². The summed E-state index contributed by atoms with van der Waals surface area (Å²) in [6.45, 7) is 2.06. The molecule has 0 saturated heterocycles. The van der Waals surface area contributed by atoms with Crippen LogP contribution in [0.5, 0.6) is 0 Å². The summed E-state index contributed by atoms with van der Waals surface area (Å²) >= 11 is 1.51. The summed E-state index contributed by atoms with van der Waals surface area (Å²) in [6, 6.07) is 8.12. The summed E-state index contributed by atoms with van der Waals surface area (Å²) in [7, 11) is 0. The van der Waals surface area contributed by atoms with Crippen LogP contribution >= 0.6 is 11.8 Å². The van der Waals surface area contributed by atoms with Crippen molar-refractivity contribution in [3.63, 3.8) is 0 Å². The Kier molecular flexibility index (Phi) is 2.91. The van der Waals surface area contributed by atoms with E-state index in [4.69, 9.17) is 0 Å². The van der Waals surface area contributed by atoms with Crippen LogP contribution in [0.25, 0.3) is 0 Å². The maximum Gasteiger partial charge on any atom is 0.223 e. The van der Waals surface area contributed by atoms with Crippen molar-refractivity contribution in [2.75, 3.05) is 11.6 Å². The predicted molar refractivity (Wildman–Crippen MR) is 62.6 cm³/mol. The number of H-pyrrole nitrogens is 1. The van der Waals surface area contributed by atoms with Crippen molar-refractivity contribution < 1.29 is 0 Å². The molecule has 15 heavy (non-hydrogen) atoms. The van der Waals surface area contributed by atoms with Crippen LogP contribution in [0, 0.1) is 6.92 Å². The summed E-state index contributed by atoms with van der Waals surface area (Å²) in [5.41, 5.74) is 2.24. The molecule has 2 aromatic rings. The van der Waals surface area contributed by atoms with Crippen LogP contribution in [0.1, 0.15) is 5.56 Å². The number of hydrogen-bond donors (Lipinski definition) is 2. The Hall–Kier alpha value is -1.49. The van der Waals surface area contributed by atoms with Crippen LogP contribution < -0.4 is 5.32 Å².